The van der Waals surface area contributed by atoms with Crippen molar-refractivity contribution in [3.05, 3.63) is 72.6 Å². The predicted octanol–water partition coefficient (Wildman–Crippen LogP) is 3.41. The van der Waals surface area contributed by atoms with Gasteiger partial charge < -0.3 is 5.32 Å². The number of rotatable bonds is 3. The molecule has 1 aromatic carbocycles. The molecule has 4 aromatic rings. The van der Waals surface area contributed by atoms with Gasteiger partial charge in [0.05, 0.1) is 11.7 Å². The van der Waals surface area contributed by atoms with E-state index < -0.39 is 11.7 Å². The summed E-state index contributed by atoms with van der Waals surface area (Å²) in [7, 11) is 0. The Morgan fingerprint density at radius 3 is 2.76 bits per heavy atom. The smallest absolute Gasteiger partial charge is 0.277 e. The first-order valence-corrected chi connectivity index (χ1v) is 7.52. The average molecular weight is 333 g/mol. The van der Waals surface area contributed by atoms with Gasteiger partial charge in [0.1, 0.15) is 11.6 Å². The molecule has 0 bridgehead atoms. The highest BCUT2D eigenvalue weighted by molar-refractivity contribution is 6.11. The summed E-state index contributed by atoms with van der Waals surface area (Å²) in [5, 5.41) is 10.2. The number of hydrogen-bond acceptors (Lipinski definition) is 4. The van der Waals surface area contributed by atoms with Crippen molar-refractivity contribution >= 4 is 22.6 Å². The van der Waals surface area contributed by atoms with E-state index in [0.29, 0.717) is 5.39 Å². The predicted molar refractivity (Wildman–Crippen MR) is 91.5 cm³/mol. The molecule has 0 atom stereocenters. The van der Waals surface area contributed by atoms with Crippen LogP contribution in [0, 0.1) is 5.82 Å². The number of fused-ring (bicyclic) bond motifs is 1. The van der Waals surface area contributed by atoms with Crippen LogP contribution in [0.25, 0.3) is 22.0 Å². The van der Waals surface area contributed by atoms with E-state index in [2.05, 4.69) is 25.5 Å². The van der Waals surface area contributed by atoms with Gasteiger partial charge in [0.25, 0.3) is 5.91 Å². The summed E-state index contributed by atoms with van der Waals surface area (Å²) in [5.74, 6) is -0.635. The van der Waals surface area contributed by atoms with Crippen molar-refractivity contribution in [3.8, 4) is 11.1 Å². The molecule has 0 aliphatic carbocycles. The number of hydrogen-bond donors (Lipinski definition) is 2. The topological polar surface area (TPSA) is 83.6 Å². The fourth-order valence-corrected chi connectivity index (χ4v) is 2.53. The third-order valence-electron chi connectivity index (χ3n) is 3.74. The minimum Gasteiger partial charge on any atom is -0.305 e. The molecular weight excluding hydrogens is 321 g/mol. The molecule has 2 N–H and O–H groups in total. The average Bonchev–Trinajstić information content (AvgIpc) is 3.07. The third kappa shape index (κ3) is 2.94. The Bertz CT molecular complexity index is 1040. The second-order valence-electron chi connectivity index (χ2n) is 5.39. The van der Waals surface area contributed by atoms with Gasteiger partial charge in [-0.15, -0.1) is 0 Å². The van der Waals surface area contributed by atoms with Crippen LogP contribution in [0.5, 0.6) is 0 Å². The Labute approximate surface area is 141 Å². The molecule has 0 fully saturated rings. The number of benzene rings is 1. The molecule has 6 nitrogen and oxygen atoms in total. The highest BCUT2D eigenvalue weighted by Gasteiger charge is 2.15. The van der Waals surface area contributed by atoms with Crippen LogP contribution >= 0.6 is 0 Å². The lowest BCUT2D eigenvalue weighted by Gasteiger charge is -2.04. The van der Waals surface area contributed by atoms with E-state index in [0.717, 1.165) is 22.8 Å². The van der Waals surface area contributed by atoms with E-state index in [4.69, 9.17) is 0 Å². The summed E-state index contributed by atoms with van der Waals surface area (Å²) >= 11 is 0. The van der Waals surface area contributed by atoms with Crippen LogP contribution in [-0.4, -0.2) is 26.1 Å². The molecule has 0 radical (unpaired) electrons. The summed E-state index contributed by atoms with van der Waals surface area (Å²) < 4.78 is 12.9. The molecular formula is C18H12FN5O. The normalized spacial score (nSPS) is 10.8. The fraction of sp³-hybridized carbons (Fsp3) is 0. The van der Waals surface area contributed by atoms with Crippen LogP contribution < -0.4 is 5.32 Å². The van der Waals surface area contributed by atoms with E-state index in [9.17, 15) is 9.18 Å². The van der Waals surface area contributed by atoms with Crippen LogP contribution in [0.4, 0.5) is 10.2 Å². The van der Waals surface area contributed by atoms with Gasteiger partial charge in [-0.3, -0.25) is 14.9 Å². The molecule has 0 aliphatic heterocycles. The van der Waals surface area contributed by atoms with Crippen LogP contribution in [0.15, 0.2) is 61.1 Å². The Morgan fingerprint density at radius 1 is 1.08 bits per heavy atom. The maximum atomic E-state index is 12.9. The van der Waals surface area contributed by atoms with E-state index in [1.54, 1.807) is 12.4 Å². The Balaban J connectivity index is 1.69. The van der Waals surface area contributed by atoms with E-state index >= 15 is 0 Å². The summed E-state index contributed by atoms with van der Waals surface area (Å²) in [6.45, 7) is 0. The minimum absolute atomic E-state index is 0.242. The first kappa shape index (κ1) is 14.9. The van der Waals surface area contributed by atoms with Crippen LogP contribution in [0.3, 0.4) is 0 Å². The standard InChI is InChI=1S/C18H12FN5O/c19-13-4-6-16(21-10-13)22-18(25)17-14-8-11(3-5-15(14)23-24-17)12-2-1-7-20-9-12/h1-10H,(H,23,24)(H,21,22,25). The summed E-state index contributed by atoms with van der Waals surface area (Å²) in [6, 6.07) is 12.1. The van der Waals surface area contributed by atoms with Crippen molar-refractivity contribution in [2.75, 3.05) is 5.32 Å². The molecule has 3 heterocycles. The molecule has 25 heavy (non-hydrogen) atoms. The number of anilines is 1. The molecule has 122 valence electrons. The number of pyridine rings is 2. The Hall–Kier alpha value is -3.61. The molecule has 0 unspecified atom stereocenters. The van der Waals surface area contributed by atoms with Crippen LogP contribution in [-0.2, 0) is 0 Å². The number of carbonyl (C=O) groups is 1. The monoisotopic (exact) mass is 333 g/mol. The fourth-order valence-electron chi connectivity index (χ4n) is 2.53. The van der Waals surface area contributed by atoms with Crippen molar-refractivity contribution in [2.24, 2.45) is 0 Å². The molecule has 1 amide bonds. The highest BCUT2D eigenvalue weighted by Crippen LogP contribution is 2.25. The molecule has 3 aromatic heterocycles. The van der Waals surface area contributed by atoms with Gasteiger partial charge in [0.2, 0.25) is 0 Å². The number of nitrogens with zero attached hydrogens (tertiary/aromatic N) is 3. The number of nitrogens with one attached hydrogen (secondary N) is 2. The maximum Gasteiger partial charge on any atom is 0.277 e. The van der Waals surface area contributed by atoms with Gasteiger partial charge in [0.15, 0.2) is 5.69 Å². The van der Waals surface area contributed by atoms with Gasteiger partial charge in [-0.1, -0.05) is 12.1 Å². The van der Waals surface area contributed by atoms with Crippen molar-refractivity contribution < 1.29 is 9.18 Å². The van der Waals surface area contributed by atoms with Gasteiger partial charge in [0, 0.05) is 23.3 Å². The van der Waals surface area contributed by atoms with E-state index in [-0.39, 0.29) is 11.5 Å². The van der Waals surface area contributed by atoms with Crippen molar-refractivity contribution in [2.45, 2.75) is 0 Å². The number of halogens is 1. The first-order chi connectivity index (χ1) is 12.2. The number of aromatic amines is 1. The number of amides is 1. The zero-order valence-electron chi connectivity index (χ0n) is 12.9. The summed E-state index contributed by atoms with van der Waals surface area (Å²) in [4.78, 5) is 20.4. The zero-order valence-corrected chi connectivity index (χ0v) is 12.9. The van der Waals surface area contributed by atoms with Crippen LogP contribution in [0.1, 0.15) is 10.5 Å². The van der Waals surface area contributed by atoms with E-state index in [1.807, 2.05) is 30.3 Å². The van der Waals surface area contributed by atoms with Crippen LogP contribution in [0.2, 0.25) is 0 Å². The molecule has 7 heteroatoms. The molecule has 4 rings (SSSR count). The second-order valence-corrected chi connectivity index (χ2v) is 5.39. The Morgan fingerprint density at radius 2 is 2.00 bits per heavy atom. The Kier molecular flexibility index (Phi) is 3.66. The minimum atomic E-state index is -0.468. The highest BCUT2D eigenvalue weighted by atomic mass is 19.1. The summed E-state index contributed by atoms with van der Waals surface area (Å²) in [6.07, 6.45) is 4.50. The maximum absolute atomic E-state index is 12.9. The van der Waals surface area contributed by atoms with Crippen molar-refractivity contribution in [1.29, 1.82) is 0 Å². The zero-order chi connectivity index (χ0) is 17.2. The molecule has 0 aliphatic rings. The second kappa shape index (κ2) is 6.12. The van der Waals surface area contributed by atoms with Crippen molar-refractivity contribution in [3.63, 3.8) is 0 Å². The van der Waals surface area contributed by atoms with Gasteiger partial charge >= 0.3 is 0 Å². The van der Waals surface area contributed by atoms with Gasteiger partial charge in [-0.2, -0.15) is 5.10 Å². The quantitative estimate of drug-likeness (QED) is 0.602. The largest absolute Gasteiger partial charge is 0.305 e. The number of carbonyl (C=O) groups excluding carboxylic acids is 1. The molecule has 0 spiro atoms. The van der Waals surface area contributed by atoms with E-state index in [1.165, 1.54) is 12.1 Å². The lowest BCUT2D eigenvalue weighted by Crippen LogP contribution is -2.13. The lowest BCUT2D eigenvalue weighted by atomic mass is 10.0. The summed E-state index contributed by atoms with van der Waals surface area (Å²) in [5.41, 5.74) is 2.85. The van der Waals surface area contributed by atoms with Gasteiger partial charge in [-0.25, -0.2) is 9.37 Å². The molecule has 0 saturated carbocycles. The van der Waals surface area contributed by atoms with Gasteiger partial charge in [-0.05, 0) is 35.9 Å². The SMILES string of the molecule is O=C(Nc1ccc(F)cn1)c1n[nH]c2ccc(-c3cccnc3)cc12. The van der Waals surface area contributed by atoms with Crippen molar-refractivity contribution in [1.82, 2.24) is 20.2 Å². The molecule has 0 saturated heterocycles. The third-order valence-corrected chi connectivity index (χ3v) is 3.74. The number of aromatic nitrogens is 4. The number of H-pyrrole nitrogens is 1. The first-order valence-electron chi connectivity index (χ1n) is 7.52. The lowest BCUT2D eigenvalue weighted by molar-refractivity contribution is 0.102.